The SMILES string of the molecule is CC(CN)CSCC(=O)N(C(C)C)C(C)C. The maximum absolute atomic E-state index is 12.0. The number of nitrogens with zero attached hydrogens (tertiary/aromatic N) is 1. The van der Waals surface area contributed by atoms with Gasteiger partial charge < -0.3 is 10.6 Å². The molecule has 0 radical (unpaired) electrons. The normalized spacial score (nSPS) is 13.2. The Kier molecular flexibility index (Phi) is 7.85. The maximum Gasteiger partial charge on any atom is 0.233 e. The van der Waals surface area contributed by atoms with E-state index in [9.17, 15) is 4.79 Å². The molecule has 0 spiro atoms. The van der Waals surface area contributed by atoms with Gasteiger partial charge in [-0.05, 0) is 45.9 Å². The molecular formula is C12H26N2OS. The molecule has 3 nitrogen and oxygen atoms in total. The molecule has 0 aromatic rings. The Labute approximate surface area is 104 Å². The number of hydrogen-bond donors (Lipinski definition) is 1. The van der Waals surface area contributed by atoms with Crippen molar-refractivity contribution in [1.29, 1.82) is 0 Å². The zero-order chi connectivity index (χ0) is 12.7. The molecule has 0 aliphatic rings. The van der Waals surface area contributed by atoms with Gasteiger partial charge in [-0.2, -0.15) is 11.8 Å². The number of nitrogens with two attached hydrogens (primary N) is 1. The van der Waals surface area contributed by atoms with Crippen molar-refractivity contribution < 1.29 is 4.79 Å². The Morgan fingerprint density at radius 3 is 2.06 bits per heavy atom. The van der Waals surface area contributed by atoms with Gasteiger partial charge in [-0.1, -0.05) is 6.92 Å². The molecule has 0 rings (SSSR count). The summed E-state index contributed by atoms with van der Waals surface area (Å²) in [5.74, 6) is 2.26. The standard InChI is InChI=1S/C12H26N2OS/c1-9(2)14(10(3)4)12(15)8-16-7-11(5)6-13/h9-11H,6-8,13H2,1-5H3. The first kappa shape index (κ1) is 15.8. The third-order valence-corrected chi connectivity index (χ3v) is 3.69. The number of thioether (sulfide) groups is 1. The van der Waals surface area contributed by atoms with E-state index in [1.807, 2.05) is 4.90 Å². The van der Waals surface area contributed by atoms with Crippen LogP contribution >= 0.6 is 11.8 Å². The summed E-state index contributed by atoms with van der Waals surface area (Å²) in [5, 5.41) is 0. The highest BCUT2D eigenvalue weighted by molar-refractivity contribution is 7.99. The molecule has 0 heterocycles. The second-order valence-corrected chi connectivity index (χ2v) is 5.87. The van der Waals surface area contributed by atoms with E-state index in [4.69, 9.17) is 5.73 Å². The Morgan fingerprint density at radius 2 is 1.69 bits per heavy atom. The van der Waals surface area contributed by atoms with Gasteiger partial charge in [0, 0.05) is 12.1 Å². The topological polar surface area (TPSA) is 46.3 Å². The van der Waals surface area contributed by atoms with E-state index >= 15 is 0 Å². The number of amides is 1. The maximum atomic E-state index is 12.0. The van der Waals surface area contributed by atoms with Crippen LogP contribution in [0.1, 0.15) is 34.6 Å². The molecule has 0 bridgehead atoms. The smallest absolute Gasteiger partial charge is 0.233 e. The number of hydrogen-bond acceptors (Lipinski definition) is 3. The Balaban J connectivity index is 4.03. The number of rotatable bonds is 7. The minimum Gasteiger partial charge on any atom is -0.337 e. The summed E-state index contributed by atoms with van der Waals surface area (Å²) in [6.07, 6.45) is 0. The van der Waals surface area contributed by atoms with Crippen LogP contribution in [0.2, 0.25) is 0 Å². The van der Waals surface area contributed by atoms with Crippen LogP contribution in [0.5, 0.6) is 0 Å². The van der Waals surface area contributed by atoms with E-state index in [0.29, 0.717) is 18.2 Å². The van der Waals surface area contributed by atoms with Gasteiger partial charge in [0.25, 0.3) is 0 Å². The van der Waals surface area contributed by atoms with E-state index in [0.717, 1.165) is 5.75 Å². The highest BCUT2D eigenvalue weighted by Gasteiger charge is 2.19. The molecule has 0 aliphatic heterocycles. The van der Waals surface area contributed by atoms with E-state index in [-0.39, 0.29) is 18.0 Å². The lowest BCUT2D eigenvalue weighted by molar-refractivity contribution is -0.131. The van der Waals surface area contributed by atoms with Gasteiger partial charge in [0.05, 0.1) is 5.75 Å². The van der Waals surface area contributed by atoms with Crippen molar-refractivity contribution in [3.8, 4) is 0 Å². The summed E-state index contributed by atoms with van der Waals surface area (Å²) < 4.78 is 0. The summed E-state index contributed by atoms with van der Waals surface area (Å²) in [4.78, 5) is 13.9. The molecule has 16 heavy (non-hydrogen) atoms. The second-order valence-electron chi connectivity index (χ2n) is 4.84. The summed E-state index contributed by atoms with van der Waals surface area (Å²) >= 11 is 1.69. The van der Waals surface area contributed by atoms with Gasteiger partial charge in [0.1, 0.15) is 0 Å². The molecule has 0 aromatic carbocycles. The quantitative estimate of drug-likeness (QED) is 0.747. The molecule has 0 fully saturated rings. The zero-order valence-electron chi connectivity index (χ0n) is 11.2. The molecule has 2 N–H and O–H groups in total. The fourth-order valence-electron chi connectivity index (χ4n) is 1.66. The van der Waals surface area contributed by atoms with Gasteiger partial charge in [-0.25, -0.2) is 0 Å². The van der Waals surface area contributed by atoms with Crippen LogP contribution < -0.4 is 5.73 Å². The molecule has 96 valence electrons. The van der Waals surface area contributed by atoms with Crippen LogP contribution in [0, 0.1) is 5.92 Å². The van der Waals surface area contributed by atoms with Crippen molar-refractivity contribution in [2.24, 2.45) is 11.7 Å². The lowest BCUT2D eigenvalue weighted by Gasteiger charge is -2.30. The minimum absolute atomic E-state index is 0.235. The molecule has 1 amide bonds. The monoisotopic (exact) mass is 246 g/mol. The fraction of sp³-hybridized carbons (Fsp3) is 0.917. The van der Waals surface area contributed by atoms with Gasteiger partial charge >= 0.3 is 0 Å². The molecule has 0 saturated heterocycles. The van der Waals surface area contributed by atoms with E-state index in [1.165, 1.54) is 0 Å². The summed E-state index contributed by atoms with van der Waals surface area (Å²) in [5.41, 5.74) is 5.54. The highest BCUT2D eigenvalue weighted by atomic mass is 32.2. The highest BCUT2D eigenvalue weighted by Crippen LogP contribution is 2.12. The average Bonchev–Trinajstić information content (AvgIpc) is 2.16. The first-order valence-electron chi connectivity index (χ1n) is 5.99. The van der Waals surface area contributed by atoms with E-state index < -0.39 is 0 Å². The number of carbonyl (C=O) groups is 1. The molecule has 1 atom stereocenters. The first-order chi connectivity index (χ1) is 7.40. The Hall–Kier alpha value is -0.220. The predicted molar refractivity (Wildman–Crippen MR) is 72.7 cm³/mol. The van der Waals surface area contributed by atoms with Crippen molar-refractivity contribution in [2.45, 2.75) is 46.7 Å². The fourth-order valence-corrected chi connectivity index (χ4v) is 2.64. The van der Waals surface area contributed by atoms with Crippen LogP contribution in [0.4, 0.5) is 0 Å². The zero-order valence-corrected chi connectivity index (χ0v) is 12.0. The van der Waals surface area contributed by atoms with Crippen LogP contribution in [0.25, 0.3) is 0 Å². The molecule has 0 aromatic heterocycles. The van der Waals surface area contributed by atoms with Crippen molar-refractivity contribution in [3.05, 3.63) is 0 Å². The second kappa shape index (κ2) is 7.96. The van der Waals surface area contributed by atoms with Crippen LogP contribution in [0.3, 0.4) is 0 Å². The van der Waals surface area contributed by atoms with Gasteiger partial charge in [-0.15, -0.1) is 0 Å². The Bertz CT molecular complexity index is 199. The predicted octanol–water partition coefficient (Wildman–Crippen LogP) is 1.96. The van der Waals surface area contributed by atoms with Gasteiger partial charge in [-0.3, -0.25) is 4.79 Å². The first-order valence-corrected chi connectivity index (χ1v) is 7.14. The molecular weight excluding hydrogens is 220 g/mol. The third-order valence-electron chi connectivity index (χ3n) is 2.43. The summed E-state index contributed by atoms with van der Waals surface area (Å²) in [6, 6.07) is 0.556. The van der Waals surface area contributed by atoms with E-state index in [2.05, 4.69) is 34.6 Å². The van der Waals surface area contributed by atoms with E-state index in [1.54, 1.807) is 11.8 Å². The summed E-state index contributed by atoms with van der Waals surface area (Å²) in [7, 11) is 0. The van der Waals surface area contributed by atoms with Crippen molar-refractivity contribution in [3.63, 3.8) is 0 Å². The minimum atomic E-state index is 0.235. The average molecular weight is 246 g/mol. The van der Waals surface area contributed by atoms with Gasteiger partial charge in [0.15, 0.2) is 0 Å². The molecule has 0 aliphatic carbocycles. The lowest BCUT2D eigenvalue weighted by Crippen LogP contribution is -2.43. The van der Waals surface area contributed by atoms with Gasteiger partial charge in [0.2, 0.25) is 5.91 Å². The molecule has 1 unspecified atom stereocenters. The summed E-state index contributed by atoms with van der Waals surface area (Å²) in [6.45, 7) is 11.0. The van der Waals surface area contributed by atoms with Crippen molar-refractivity contribution in [1.82, 2.24) is 4.90 Å². The number of carbonyl (C=O) groups excluding carboxylic acids is 1. The third kappa shape index (κ3) is 5.75. The van der Waals surface area contributed by atoms with Crippen molar-refractivity contribution >= 4 is 17.7 Å². The van der Waals surface area contributed by atoms with Crippen molar-refractivity contribution in [2.75, 3.05) is 18.1 Å². The molecule has 0 saturated carbocycles. The largest absolute Gasteiger partial charge is 0.337 e. The lowest BCUT2D eigenvalue weighted by atomic mass is 10.2. The Morgan fingerprint density at radius 1 is 1.19 bits per heavy atom. The van der Waals surface area contributed by atoms with Crippen LogP contribution in [-0.2, 0) is 4.79 Å². The molecule has 4 heteroatoms. The van der Waals surface area contributed by atoms with Crippen LogP contribution in [0.15, 0.2) is 0 Å². The van der Waals surface area contributed by atoms with Crippen LogP contribution in [-0.4, -0.2) is 40.9 Å².